The van der Waals surface area contributed by atoms with E-state index in [1.165, 1.54) is 12.1 Å². The SMILES string of the molecule is CC(CCN)c1nc(-c2ccc(F)cc2)no1. The molecule has 2 aromatic rings. The van der Waals surface area contributed by atoms with E-state index in [-0.39, 0.29) is 11.7 Å². The number of nitrogens with two attached hydrogens (primary N) is 1. The van der Waals surface area contributed by atoms with Crippen LogP contribution in [0.1, 0.15) is 25.2 Å². The van der Waals surface area contributed by atoms with Crippen LogP contribution in [0, 0.1) is 5.82 Å². The Morgan fingerprint density at radius 2 is 2.06 bits per heavy atom. The van der Waals surface area contributed by atoms with Crippen LogP contribution in [0.4, 0.5) is 4.39 Å². The van der Waals surface area contributed by atoms with Crippen LogP contribution in [0.3, 0.4) is 0 Å². The molecule has 0 fully saturated rings. The van der Waals surface area contributed by atoms with Crippen molar-refractivity contribution < 1.29 is 8.91 Å². The number of rotatable bonds is 4. The lowest BCUT2D eigenvalue weighted by atomic mass is 10.1. The second-order valence-electron chi connectivity index (χ2n) is 3.94. The smallest absolute Gasteiger partial charge is 0.229 e. The van der Waals surface area contributed by atoms with Crippen molar-refractivity contribution in [3.05, 3.63) is 36.0 Å². The van der Waals surface area contributed by atoms with Crippen molar-refractivity contribution in [1.29, 1.82) is 0 Å². The van der Waals surface area contributed by atoms with Crippen molar-refractivity contribution in [3.8, 4) is 11.4 Å². The summed E-state index contributed by atoms with van der Waals surface area (Å²) in [5, 5.41) is 3.87. The molecule has 0 amide bonds. The van der Waals surface area contributed by atoms with Gasteiger partial charge in [0.1, 0.15) is 5.82 Å². The first-order valence-corrected chi connectivity index (χ1v) is 5.50. The first kappa shape index (κ1) is 11.7. The summed E-state index contributed by atoms with van der Waals surface area (Å²) in [6.07, 6.45) is 0.797. The number of hydrogen-bond donors (Lipinski definition) is 1. The molecule has 17 heavy (non-hydrogen) atoms. The third-order valence-corrected chi connectivity index (χ3v) is 2.57. The molecule has 1 aromatic carbocycles. The zero-order chi connectivity index (χ0) is 12.3. The van der Waals surface area contributed by atoms with E-state index < -0.39 is 0 Å². The maximum absolute atomic E-state index is 12.8. The second-order valence-corrected chi connectivity index (χ2v) is 3.94. The molecule has 0 aliphatic carbocycles. The second kappa shape index (κ2) is 5.05. The summed E-state index contributed by atoms with van der Waals surface area (Å²) in [5.74, 6) is 0.898. The molecular formula is C12H14FN3O. The number of nitrogens with zero attached hydrogens (tertiary/aromatic N) is 2. The van der Waals surface area contributed by atoms with E-state index in [0.717, 1.165) is 12.0 Å². The molecule has 0 bridgehead atoms. The number of aromatic nitrogens is 2. The van der Waals surface area contributed by atoms with Crippen molar-refractivity contribution in [3.63, 3.8) is 0 Å². The lowest BCUT2D eigenvalue weighted by Gasteiger charge is -2.01. The van der Waals surface area contributed by atoms with Gasteiger partial charge in [-0.2, -0.15) is 4.98 Å². The van der Waals surface area contributed by atoms with Gasteiger partial charge in [-0.3, -0.25) is 0 Å². The lowest BCUT2D eigenvalue weighted by Crippen LogP contribution is -2.04. The van der Waals surface area contributed by atoms with Crippen molar-refractivity contribution in [2.45, 2.75) is 19.3 Å². The average molecular weight is 235 g/mol. The Morgan fingerprint density at radius 3 is 2.71 bits per heavy atom. The molecule has 0 saturated carbocycles. The van der Waals surface area contributed by atoms with Gasteiger partial charge in [-0.1, -0.05) is 12.1 Å². The van der Waals surface area contributed by atoms with Gasteiger partial charge in [0.2, 0.25) is 11.7 Å². The van der Waals surface area contributed by atoms with Crippen molar-refractivity contribution in [2.24, 2.45) is 5.73 Å². The standard InChI is InChI=1S/C12H14FN3O/c1-8(6-7-14)12-15-11(16-17-12)9-2-4-10(13)5-3-9/h2-5,8H,6-7,14H2,1H3. The molecule has 2 rings (SSSR count). The fourth-order valence-corrected chi connectivity index (χ4v) is 1.53. The molecule has 1 heterocycles. The Balaban J connectivity index is 2.20. The Kier molecular flexibility index (Phi) is 3.49. The summed E-state index contributed by atoms with van der Waals surface area (Å²) in [5.41, 5.74) is 6.21. The summed E-state index contributed by atoms with van der Waals surface area (Å²) in [6.45, 7) is 2.56. The van der Waals surface area contributed by atoms with Crippen LogP contribution in [-0.4, -0.2) is 16.7 Å². The quantitative estimate of drug-likeness (QED) is 0.883. The van der Waals surface area contributed by atoms with E-state index in [1.807, 2.05) is 6.92 Å². The topological polar surface area (TPSA) is 64.9 Å². The minimum Gasteiger partial charge on any atom is -0.339 e. The van der Waals surface area contributed by atoms with Crippen molar-refractivity contribution in [1.82, 2.24) is 10.1 Å². The van der Waals surface area contributed by atoms with Crippen molar-refractivity contribution >= 4 is 0 Å². The van der Waals surface area contributed by atoms with Gasteiger partial charge < -0.3 is 10.3 Å². The van der Waals surface area contributed by atoms with E-state index in [1.54, 1.807) is 12.1 Å². The first-order chi connectivity index (χ1) is 8.20. The van der Waals surface area contributed by atoms with E-state index >= 15 is 0 Å². The van der Waals surface area contributed by atoms with Gasteiger partial charge in [-0.25, -0.2) is 4.39 Å². The number of hydrogen-bond acceptors (Lipinski definition) is 4. The molecule has 5 heteroatoms. The molecule has 2 N–H and O–H groups in total. The summed E-state index contributed by atoms with van der Waals surface area (Å²) in [4.78, 5) is 4.27. The normalized spacial score (nSPS) is 12.6. The van der Waals surface area contributed by atoms with Crippen LogP contribution < -0.4 is 5.73 Å². The summed E-state index contributed by atoms with van der Waals surface area (Å²) < 4.78 is 17.9. The van der Waals surface area contributed by atoms with E-state index in [4.69, 9.17) is 10.3 Å². The van der Waals surface area contributed by atoms with Gasteiger partial charge in [0.15, 0.2) is 0 Å². The summed E-state index contributed by atoms with van der Waals surface area (Å²) in [6, 6.07) is 5.98. The van der Waals surface area contributed by atoms with Gasteiger partial charge >= 0.3 is 0 Å². The summed E-state index contributed by atoms with van der Waals surface area (Å²) in [7, 11) is 0. The average Bonchev–Trinajstić information content (AvgIpc) is 2.80. The Morgan fingerprint density at radius 1 is 1.35 bits per heavy atom. The molecule has 1 aromatic heterocycles. The van der Waals surface area contributed by atoms with Crippen LogP contribution in [0.2, 0.25) is 0 Å². The van der Waals surface area contributed by atoms with Crippen molar-refractivity contribution in [2.75, 3.05) is 6.54 Å². The molecule has 0 aliphatic rings. The zero-order valence-electron chi connectivity index (χ0n) is 9.56. The van der Waals surface area contributed by atoms with Crippen LogP contribution in [0.15, 0.2) is 28.8 Å². The molecule has 0 radical (unpaired) electrons. The van der Waals surface area contributed by atoms with Gasteiger partial charge in [0.05, 0.1) is 0 Å². The minimum atomic E-state index is -0.283. The number of benzene rings is 1. The fraction of sp³-hybridized carbons (Fsp3) is 0.333. The van der Waals surface area contributed by atoms with Crippen LogP contribution in [-0.2, 0) is 0 Å². The molecular weight excluding hydrogens is 221 g/mol. The number of halogens is 1. The largest absolute Gasteiger partial charge is 0.339 e. The highest BCUT2D eigenvalue weighted by atomic mass is 19.1. The van der Waals surface area contributed by atoms with Gasteiger partial charge in [-0.15, -0.1) is 0 Å². The van der Waals surface area contributed by atoms with E-state index in [0.29, 0.717) is 18.3 Å². The van der Waals surface area contributed by atoms with E-state index in [9.17, 15) is 4.39 Å². The Bertz CT molecular complexity index is 481. The van der Waals surface area contributed by atoms with Gasteiger partial charge in [0, 0.05) is 11.5 Å². The molecule has 0 saturated heterocycles. The first-order valence-electron chi connectivity index (χ1n) is 5.50. The molecule has 1 atom stereocenters. The molecule has 90 valence electrons. The third-order valence-electron chi connectivity index (χ3n) is 2.57. The minimum absolute atomic E-state index is 0.140. The predicted molar refractivity (Wildman–Crippen MR) is 61.8 cm³/mol. The fourth-order valence-electron chi connectivity index (χ4n) is 1.53. The monoisotopic (exact) mass is 235 g/mol. The van der Waals surface area contributed by atoms with Gasteiger partial charge in [0.25, 0.3) is 0 Å². The summed E-state index contributed by atoms with van der Waals surface area (Å²) >= 11 is 0. The van der Waals surface area contributed by atoms with E-state index in [2.05, 4.69) is 10.1 Å². The van der Waals surface area contributed by atoms with Crippen LogP contribution >= 0.6 is 0 Å². The lowest BCUT2D eigenvalue weighted by molar-refractivity contribution is 0.355. The molecule has 0 spiro atoms. The molecule has 0 aliphatic heterocycles. The van der Waals surface area contributed by atoms with Crippen LogP contribution in [0.25, 0.3) is 11.4 Å². The Hall–Kier alpha value is -1.75. The third kappa shape index (κ3) is 2.68. The van der Waals surface area contributed by atoms with Crippen LogP contribution in [0.5, 0.6) is 0 Å². The molecule has 1 unspecified atom stereocenters. The highest BCUT2D eigenvalue weighted by Crippen LogP contribution is 2.21. The van der Waals surface area contributed by atoms with Gasteiger partial charge in [-0.05, 0) is 37.2 Å². The highest BCUT2D eigenvalue weighted by molar-refractivity contribution is 5.53. The molecule has 4 nitrogen and oxygen atoms in total. The Labute approximate surface area is 98.6 Å². The predicted octanol–water partition coefficient (Wildman–Crippen LogP) is 2.33. The maximum atomic E-state index is 12.8. The zero-order valence-corrected chi connectivity index (χ0v) is 9.56. The maximum Gasteiger partial charge on any atom is 0.229 e. The highest BCUT2D eigenvalue weighted by Gasteiger charge is 2.14.